The highest BCUT2D eigenvalue weighted by Crippen LogP contribution is 2.26. The van der Waals surface area contributed by atoms with E-state index in [0.29, 0.717) is 12.2 Å². The zero-order valence-electron chi connectivity index (χ0n) is 15.8. The number of benzene rings is 1. The first-order valence-electron chi connectivity index (χ1n) is 9.17. The number of carbonyl (C=O) groups excluding carboxylic acids is 1. The Morgan fingerprint density at radius 3 is 2.46 bits per heavy atom. The van der Waals surface area contributed by atoms with Gasteiger partial charge in [0.2, 0.25) is 0 Å². The van der Waals surface area contributed by atoms with Gasteiger partial charge in [-0.05, 0) is 36.0 Å². The summed E-state index contributed by atoms with van der Waals surface area (Å²) in [6, 6.07) is 9.07. The van der Waals surface area contributed by atoms with Crippen LogP contribution in [0.2, 0.25) is 0 Å². The van der Waals surface area contributed by atoms with E-state index in [1.807, 2.05) is 0 Å². The summed E-state index contributed by atoms with van der Waals surface area (Å²) in [6.45, 7) is 8.97. The first-order valence-corrected chi connectivity index (χ1v) is 10.1. The van der Waals surface area contributed by atoms with E-state index in [0.717, 1.165) is 30.9 Å². The number of hydrogen-bond acceptors (Lipinski definition) is 5. The van der Waals surface area contributed by atoms with Crippen molar-refractivity contribution >= 4 is 22.9 Å². The Morgan fingerprint density at radius 2 is 1.92 bits per heavy atom. The van der Waals surface area contributed by atoms with E-state index in [1.165, 1.54) is 22.6 Å². The number of nitrogens with one attached hydrogen (secondary N) is 1. The Morgan fingerprint density at radius 1 is 1.27 bits per heavy atom. The molecule has 140 valence electrons. The molecule has 0 spiro atoms. The monoisotopic (exact) mass is 372 g/mol. The molecule has 0 unspecified atom stereocenters. The van der Waals surface area contributed by atoms with E-state index in [4.69, 9.17) is 5.73 Å². The lowest BCUT2D eigenvalue weighted by atomic mass is 9.87. The summed E-state index contributed by atoms with van der Waals surface area (Å²) in [7, 11) is 0. The fourth-order valence-electron chi connectivity index (χ4n) is 3.22. The largest absolute Gasteiger partial charge is 0.371 e. The minimum Gasteiger partial charge on any atom is -0.371 e. The van der Waals surface area contributed by atoms with Crippen LogP contribution in [0.3, 0.4) is 0 Å². The number of hydrogen-bond donors (Lipinski definition) is 2. The van der Waals surface area contributed by atoms with Crippen molar-refractivity contribution in [2.45, 2.75) is 51.6 Å². The summed E-state index contributed by atoms with van der Waals surface area (Å²) in [5.74, 6) is -0.0890. The van der Waals surface area contributed by atoms with Gasteiger partial charge in [-0.25, -0.2) is 4.98 Å². The molecule has 3 N–H and O–H groups in total. The highest BCUT2D eigenvalue weighted by Gasteiger charge is 2.22. The summed E-state index contributed by atoms with van der Waals surface area (Å²) < 4.78 is 0. The Labute approximate surface area is 159 Å². The molecule has 0 bridgehead atoms. The van der Waals surface area contributed by atoms with Gasteiger partial charge in [-0.3, -0.25) is 4.79 Å². The molecule has 1 amide bonds. The molecule has 1 aliphatic rings. The van der Waals surface area contributed by atoms with E-state index in [1.54, 1.807) is 5.38 Å². The van der Waals surface area contributed by atoms with Gasteiger partial charge in [0.1, 0.15) is 10.7 Å². The summed E-state index contributed by atoms with van der Waals surface area (Å²) in [6.07, 6.45) is 1.89. The number of thiazole rings is 1. The van der Waals surface area contributed by atoms with Crippen LogP contribution >= 0.6 is 11.3 Å². The van der Waals surface area contributed by atoms with Gasteiger partial charge in [0, 0.05) is 36.7 Å². The van der Waals surface area contributed by atoms with Crippen molar-refractivity contribution in [3.8, 4) is 0 Å². The molecule has 3 rings (SSSR count). The van der Waals surface area contributed by atoms with E-state index in [2.05, 4.69) is 60.2 Å². The smallest absolute Gasteiger partial charge is 0.270 e. The van der Waals surface area contributed by atoms with E-state index < -0.39 is 0 Å². The molecule has 2 heterocycles. The predicted molar refractivity (Wildman–Crippen MR) is 108 cm³/mol. The Hall–Kier alpha value is -1.92. The van der Waals surface area contributed by atoms with Crippen molar-refractivity contribution in [1.29, 1.82) is 0 Å². The zero-order chi connectivity index (χ0) is 18.7. The lowest BCUT2D eigenvalue weighted by molar-refractivity contribution is 0.0926. The molecule has 1 aliphatic heterocycles. The van der Waals surface area contributed by atoms with Crippen LogP contribution in [0.25, 0.3) is 0 Å². The third kappa shape index (κ3) is 4.43. The molecule has 0 saturated carbocycles. The van der Waals surface area contributed by atoms with Gasteiger partial charge in [0.05, 0.1) is 0 Å². The van der Waals surface area contributed by atoms with Gasteiger partial charge < -0.3 is 16.0 Å². The Kier molecular flexibility index (Phi) is 5.63. The van der Waals surface area contributed by atoms with Gasteiger partial charge >= 0.3 is 0 Å². The highest BCUT2D eigenvalue weighted by atomic mass is 32.1. The van der Waals surface area contributed by atoms with Crippen molar-refractivity contribution < 1.29 is 4.79 Å². The third-order valence-electron chi connectivity index (χ3n) is 4.89. The number of amides is 1. The molecule has 5 nitrogen and oxygen atoms in total. The van der Waals surface area contributed by atoms with Crippen LogP contribution in [0.1, 0.15) is 54.7 Å². The second-order valence-corrected chi connectivity index (χ2v) is 8.80. The standard InChI is InChI=1S/C20H28N4OS/c1-20(2,3)14-4-6-16(7-5-14)24-10-8-15(9-11-24)22-19(25)17-13-26-18(12-21)23-17/h4-7,13,15H,8-12,21H2,1-3H3,(H,22,25). The van der Waals surface area contributed by atoms with Crippen LogP contribution in [0, 0.1) is 0 Å². The lowest BCUT2D eigenvalue weighted by Gasteiger charge is -2.34. The van der Waals surface area contributed by atoms with Gasteiger partial charge in [0.15, 0.2) is 0 Å². The number of aromatic nitrogens is 1. The van der Waals surface area contributed by atoms with Crippen LogP contribution < -0.4 is 16.0 Å². The molecular formula is C20H28N4OS. The van der Waals surface area contributed by atoms with Crippen molar-refractivity contribution in [3.63, 3.8) is 0 Å². The predicted octanol–water partition coefficient (Wildman–Crippen LogP) is 3.30. The van der Waals surface area contributed by atoms with Crippen molar-refractivity contribution in [3.05, 3.63) is 45.9 Å². The molecule has 0 atom stereocenters. The number of carbonyl (C=O) groups is 1. The Balaban J connectivity index is 1.53. The fourth-order valence-corrected chi connectivity index (χ4v) is 3.88. The Bertz CT molecular complexity index is 740. The molecule has 0 aliphatic carbocycles. The molecule has 1 saturated heterocycles. The summed E-state index contributed by atoms with van der Waals surface area (Å²) in [5, 5.41) is 5.69. The summed E-state index contributed by atoms with van der Waals surface area (Å²) >= 11 is 1.44. The van der Waals surface area contributed by atoms with Gasteiger partial charge in [0.25, 0.3) is 5.91 Å². The topological polar surface area (TPSA) is 71.2 Å². The average Bonchev–Trinajstić information content (AvgIpc) is 3.11. The fraction of sp³-hybridized carbons (Fsp3) is 0.500. The molecule has 1 aromatic carbocycles. The van der Waals surface area contributed by atoms with Gasteiger partial charge in [-0.1, -0.05) is 32.9 Å². The van der Waals surface area contributed by atoms with Crippen LogP contribution in [0.5, 0.6) is 0 Å². The van der Waals surface area contributed by atoms with Crippen molar-refractivity contribution in [2.75, 3.05) is 18.0 Å². The van der Waals surface area contributed by atoms with E-state index >= 15 is 0 Å². The quantitative estimate of drug-likeness (QED) is 0.864. The maximum absolute atomic E-state index is 12.3. The van der Waals surface area contributed by atoms with Gasteiger partial charge in [-0.15, -0.1) is 11.3 Å². The number of anilines is 1. The maximum Gasteiger partial charge on any atom is 0.270 e. The van der Waals surface area contributed by atoms with Gasteiger partial charge in [-0.2, -0.15) is 0 Å². The third-order valence-corrected chi connectivity index (χ3v) is 5.76. The first-order chi connectivity index (χ1) is 12.4. The average molecular weight is 373 g/mol. The molecule has 0 radical (unpaired) electrons. The zero-order valence-corrected chi connectivity index (χ0v) is 16.6. The number of piperidine rings is 1. The van der Waals surface area contributed by atoms with Crippen LogP contribution in [0.15, 0.2) is 29.6 Å². The second-order valence-electron chi connectivity index (χ2n) is 7.86. The first kappa shape index (κ1) is 18.9. The SMILES string of the molecule is CC(C)(C)c1ccc(N2CCC(NC(=O)c3csc(CN)n3)CC2)cc1. The lowest BCUT2D eigenvalue weighted by Crippen LogP contribution is -2.44. The van der Waals surface area contributed by atoms with E-state index in [-0.39, 0.29) is 17.4 Å². The normalized spacial score (nSPS) is 15.9. The summed E-state index contributed by atoms with van der Waals surface area (Å²) in [5.41, 5.74) is 8.83. The number of nitrogens with two attached hydrogens (primary N) is 1. The number of nitrogens with zero attached hydrogens (tertiary/aromatic N) is 2. The van der Waals surface area contributed by atoms with Crippen LogP contribution in [-0.2, 0) is 12.0 Å². The van der Waals surface area contributed by atoms with Crippen molar-refractivity contribution in [2.24, 2.45) is 5.73 Å². The molecule has 2 aromatic rings. The van der Waals surface area contributed by atoms with E-state index in [9.17, 15) is 4.79 Å². The molecular weight excluding hydrogens is 344 g/mol. The molecule has 1 fully saturated rings. The second kappa shape index (κ2) is 7.76. The molecule has 1 aromatic heterocycles. The maximum atomic E-state index is 12.3. The minimum absolute atomic E-state index is 0.0890. The van der Waals surface area contributed by atoms with Crippen LogP contribution in [-0.4, -0.2) is 30.0 Å². The number of rotatable bonds is 4. The molecule has 6 heteroatoms. The molecule has 26 heavy (non-hydrogen) atoms. The van der Waals surface area contributed by atoms with Crippen molar-refractivity contribution in [1.82, 2.24) is 10.3 Å². The van der Waals surface area contributed by atoms with Crippen LogP contribution in [0.4, 0.5) is 5.69 Å². The highest BCUT2D eigenvalue weighted by molar-refractivity contribution is 7.09. The summed E-state index contributed by atoms with van der Waals surface area (Å²) in [4.78, 5) is 19.0. The minimum atomic E-state index is -0.0890.